The average molecular weight is 813 g/mol. The van der Waals surface area contributed by atoms with Gasteiger partial charge in [0.15, 0.2) is 12.6 Å². The molecule has 3 saturated carbocycles. The number of ketones is 1. The highest BCUT2D eigenvalue weighted by Crippen LogP contribution is 2.74. The van der Waals surface area contributed by atoms with E-state index in [4.69, 9.17) is 18.9 Å². The Hall–Kier alpha value is -1.11. The molecule has 0 aromatic rings. The summed E-state index contributed by atoms with van der Waals surface area (Å²) in [5, 5.41) is 93.3. The highest BCUT2D eigenvalue weighted by atomic mass is 16.7. The molecule has 2 aliphatic heterocycles. The molecule has 6 rings (SSSR count). The summed E-state index contributed by atoms with van der Waals surface area (Å²) >= 11 is 0. The Morgan fingerprint density at radius 2 is 1.44 bits per heavy atom. The average Bonchev–Trinajstić information content (AvgIpc) is 3.41. The number of fused-ring (bicyclic) bond motifs is 5. The van der Waals surface area contributed by atoms with E-state index in [1.807, 2.05) is 0 Å². The van der Waals surface area contributed by atoms with E-state index in [1.165, 1.54) is 5.57 Å². The Labute approximate surface area is 337 Å². The molecule has 0 aromatic heterocycles. The summed E-state index contributed by atoms with van der Waals surface area (Å²) in [4.78, 5) is 14.9. The second-order valence-electron chi connectivity index (χ2n) is 20.3. The van der Waals surface area contributed by atoms with Gasteiger partial charge in [0.05, 0.1) is 30.5 Å². The number of hydrogen-bond acceptors (Lipinski definition) is 14. The fraction of sp³-hybridized carbons (Fsp3) is 0.930. The van der Waals surface area contributed by atoms with Crippen molar-refractivity contribution in [3.63, 3.8) is 0 Å². The van der Waals surface area contributed by atoms with Gasteiger partial charge in [-0.2, -0.15) is 0 Å². The molecule has 2 heterocycles. The molecule has 0 spiro atoms. The molecule has 14 heteroatoms. The van der Waals surface area contributed by atoms with Crippen molar-refractivity contribution in [3.8, 4) is 0 Å². The van der Waals surface area contributed by atoms with E-state index in [2.05, 4.69) is 47.6 Å². The van der Waals surface area contributed by atoms with Crippen LogP contribution in [0, 0.1) is 45.3 Å². The van der Waals surface area contributed by atoms with Crippen molar-refractivity contribution in [2.75, 3.05) is 13.2 Å². The predicted octanol–water partition coefficient (Wildman–Crippen LogP) is 1.72. The van der Waals surface area contributed by atoms with Gasteiger partial charge in [-0.25, -0.2) is 0 Å². The van der Waals surface area contributed by atoms with Crippen LogP contribution in [0.1, 0.15) is 113 Å². The van der Waals surface area contributed by atoms with Crippen LogP contribution in [0.2, 0.25) is 0 Å². The fourth-order valence-electron chi connectivity index (χ4n) is 12.7. The summed E-state index contributed by atoms with van der Waals surface area (Å²) in [6, 6.07) is 0. The number of rotatable bonds is 12. The number of Topliss-reactive ketones (excluding diaryl/α,β-unsaturated/α-hetero) is 1. The highest BCUT2D eigenvalue weighted by molar-refractivity contribution is 5.88. The maximum absolute atomic E-state index is 14.9. The Morgan fingerprint density at radius 1 is 0.825 bits per heavy atom. The Balaban J connectivity index is 1.17. The summed E-state index contributed by atoms with van der Waals surface area (Å²) in [5.41, 5.74) is -1.67. The molecule has 14 nitrogen and oxygen atoms in total. The van der Waals surface area contributed by atoms with Gasteiger partial charge in [-0.3, -0.25) is 4.79 Å². The van der Waals surface area contributed by atoms with E-state index in [9.17, 15) is 50.8 Å². The lowest BCUT2D eigenvalue weighted by Crippen LogP contribution is -2.64. The number of carbonyl (C=O) groups is 1. The molecular formula is C43H72O14. The van der Waals surface area contributed by atoms with E-state index in [0.29, 0.717) is 32.1 Å². The fourth-order valence-corrected chi connectivity index (χ4v) is 12.7. The van der Waals surface area contributed by atoms with E-state index >= 15 is 0 Å². The van der Waals surface area contributed by atoms with E-state index < -0.39 is 90.6 Å². The molecule has 4 aliphatic carbocycles. The topological polar surface area (TPSA) is 236 Å². The number of aliphatic hydroxyl groups excluding tert-OH is 8. The van der Waals surface area contributed by atoms with Crippen molar-refractivity contribution >= 4 is 5.78 Å². The van der Waals surface area contributed by atoms with Crippen LogP contribution in [-0.4, -0.2) is 144 Å². The van der Waals surface area contributed by atoms with Crippen LogP contribution in [0.5, 0.6) is 0 Å². The summed E-state index contributed by atoms with van der Waals surface area (Å²) in [6.45, 7) is 15.7. The second-order valence-corrected chi connectivity index (χ2v) is 20.3. The zero-order chi connectivity index (χ0) is 42.2. The van der Waals surface area contributed by atoms with E-state index in [-0.39, 0.29) is 59.4 Å². The van der Waals surface area contributed by atoms with Crippen LogP contribution in [0.3, 0.4) is 0 Å². The lowest BCUT2D eigenvalue weighted by Gasteiger charge is -2.65. The van der Waals surface area contributed by atoms with Crippen molar-refractivity contribution in [1.29, 1.82) is 0 Å². The SMILES string of the molecule is C[C@H](CC[C@@H](O[C@@H]1O[C@H](CO)[C@@H](O)[C@H](O)[C@H]1O)C(C)(C)O)C1CC[C@@]2(C)C3CC=C4C(CC[C@H](O[C@@H]5O[C@H](CCO)[C@@H](O)[C@H](O)[C@H]5O)C4(C)C)[C@]3(C)C(=O)C[C@]12C. The van der Waals surface area contributed by atoms with Crippen LogP contribution in [0.15, 0.2) is 11.6 Å². The molecule has 0 amide bonds. The van der Waals surface area contributed by atoms with Crippen LogP contribution in [0.25, 0.3) is 0 Å². The molecular weight excluding hydrogens is 740 g/mol. The lowest BCUT2D eigenvalue weighted by atomic mass is 9.38. The van der Waals surface area contributed by atoms with Crippen molar-refractivity contribution in [2.24, 2.45) is 45.3 Å². The Morgan fingerprint density at radius 3 is 2.05 bits per heavy atom. The number of allylic oxidation sites excluding steroid dienone is 1. The molecule has 0 aromatic carbocycles. The van der Waals surface area contributed by atoms with Gasteiger partial charge in [-0.05, 0) is 99.7 Å². The molecule has 2 saturated heterocycles. The molecule has 6 aliphatic rings. The second kappa shape index (κ2) is 16.3. The predicted molar refractivity (Wildman–Crippen MR) is 206 cm³/mol. The van der Waals surface area contributed by atoms with Gasteiger partial charge in [-0.1, -0.05) is 53.2 Å². The zero-order valence-electron chi connectivity index (χ0n) is 35.2. The summed E-state index contributed by atoms with van der Waals surface area (Å²) in [7, 11) is 0. The van der Waals surface area contributed by atoms with Gasteiger partial charge in [0.25, 0.3) is 0 Å². The normalized spacial score (nSPS) is 48.4. The lowest BCUT2D eigenvalue weighted by molar-refractivity contribution is -0.322. The van der Waals surface area contributed by atoms with Gasteiger partial charge in [0.2, 0.25) is 0 Å². The first-order valence-corrected chi connectivity index (χ1v) is 21.4. The van der Waals surface area contributed by atoms with E-state index in [0.717, 1.165) is 19.3 Å². The molecule has 328 valence electrons. The minimum atomic E-state index is -1.59. The first kappa shape index (κ1) is 45.4. The molecule has 5 fully saturated rings. The zero-order valence-corrected chi connectivity index (χ0v) is 35.2. The molecule has 9 N–H and O–H groups in total. The van der Waals surface area contributed by atoms with Gasteiger partial charge in [0, 0.05) is 23.9 Å². The van der Waals surface area contributed by atoms with Crippen LogP contribution in [0.4, 0.5) is 0 Å². The largest absolute Gasteiger partial charge is 0.396 e. The summed E-state index contributed by atoms with van der Waals surface area (Å²) in [6.07, 6.45) is -6.72. The standard InChI is InChI=1S/C43H72O14/c1-21(9-13-30(40(4,5)53)57-38-36(52)34(50)32(48)26(20-45)55-38)22-15-17-41(6)27-12-10-23-24(43(27,8)28(46)19-42(22,41)7)11-14-29(39(23,2)3)56-37-35(51)33(49)31(47)25(54-37)16-18-44/h10,21-22,24-27,29-38,44-45,47-53H,9,11-20H2,1-8H3/t21-,22?,24?,25-,26-,27?,29+,30-,31-,32-,33+,34+,35-,36-,37+,38+,41+,42-,43+/m1/s1. The third kappa shape index (κ3) is 7.52. The Kier molecular flexibility index (Phi) is 13.0. The third-order valence-corrected chi connectivity index (χ3v) is 16.5. The Bertz CT molecular complexity index is 1460. The molecule has 0 bridgehead atoms. The number of ether oxygens (including phenoxy) is 4. The minimum absolute atomic E-state index is 0.00954. The van der Waals surface area contributed by atoms with Crippen molar-refractivity contribution in [3.05, 3.63) is 11.6 Å². The molecule has 57 heavy (non-hydrogen) atoms. The van der Waals surface area contributed by atoms with Gasteiger partial charge in [0.1, 0.15) is 48.5 Å². The van der Waals surface area contributed by atoms with Crippen molar-refractivity contribution in [2.45, 2.75) is 192 Å². The van der Waals surface area contributed by atoms with Crippen LogP contribution in [-0.2, 0) is 23.7 Å². The number of carbonyl (C=O) groups excluding carboxylic acids is 1. The first-order valence-electron chi connectivity index (χ1n) is 21.4. The molecule has 3 unspecified atom stereocenters. The van der Waals surface area contributed by atoms with Crippen molar-refractivity contribution < 1.29 is 69.7 Å². The third-order valence-electron chi connectivity index (χ3n) is 16.5. The molecule has 19 atom stereocenters. The van der Waals surface area contributed by atoms with E-state index in [1.54, 1.807) is 13.8 Å². The van der Waals surface area contributed by atoms with Crippen LogP contribution < -0.4 is 0 Å². The maximum Gasteiger partial charge on any atom is 0.187 e. The quantitative estimate of drug-likeness (QED) is 0.128. The monoisotopic (exact) mass is 812 g/mol. The van der Waals surface area contributed by atoms with Gasteiger partial charge < -0.3 is 64.9 Å². The number of hydrogen-bond donors (Lipinski definition) is 9. The summed E-state index contributed by atoms with van der Waals surface area (Å²) < 4.78 is 24.1. The first-order chi connectivity index (χ1) is 26.5. The summed E-state index contributed by atoms with van der Waals surface area (Å²) in [5.74, 6) is 0.797. The van der Waals surface area contributed by atoms with Gasteiger partial charge in [-0.15, -0.1) is 0 Å². The minimum Gasteiger partial charge on any atom is -0.396 e. The van der Waals surface area contributed by atoms with Crippen LogP contribution >= 0.6 is 0 Å². The maximum atomic E-state index is 14.9. The van der Waals surface area contributed by atoms with Gasteiger partial charge >= 0.3 is 0 Å². The smallest absolute Gasteiger partial charge is 0.187 e. The number of aliphatic hydroxyl groups is 9. The van der Waals surface area contributed by atoms with Crippen molar-refractivity contribution in [1.82, 2.24) is 0 Å². The molecule has 0 radical (unpaired) electrons. The highest BCUT2D eigenvalue weighted by Gasteiger charge is 2.70.